The first-order valence-electron chi connectivity index (χ1n) is 13.6. The molecule has 1 amide bonds. The van der Waals surface area contributed by atoms with Gasteiger partial charge in [0.05, 0.1) is 30.7 Å². The number of hydrogen-bond acceptors (Lipinski definition) is 6. The number of benzene rings is 2. The molecule has 0 aliphatic carbocycles. The molecule has 0 saturated carbocycles. The SMILES string of the molecule is CC[C@@H](C)CCCCSc1ccc(NC(=O)c2cc(CCN3CCOCC3)ccc2N(C)S(C)(=O)=O)cc1. The van der Waals surface area contributed by atoms with E-state index < -0.39 is 10.0 Å². The van der Waals surface area contributed by atoms with Gasteiger partial charge in [-0.05, 0) is 66.5 Å². The molecule has 1 saturated heterocycles. The maximum Gasteiger partial charge on any atom is 0.257 e. The van der Waals surface area contributed by atoms with Crippen LogP contribution in [0.15, 0.2) is 47.4 Å². The van der Waals surface area contributed by atoms with Crippen LogP contribution in [0.5, 0.6) is 0 Å². The van der Waals surface area contributed by atoms with Crippen molar-refractivity contribution in [3.8, 4) is 0 Å². The standard InChI is InChI=1S/C29H43N3O4S2/c1-5-23(2)8-6-7-21-37-26-12-10-25(11-13-26)30-29(33)27-22-24(15-16-32-17-19-36-20-18-32)9-14-28(27)31(3)38(4,34)35/h9-14,22-23H,5-8,15-21H2,1-4H3,(H,30,33)/t23-/m1/s1. The summed E-state index contributed by atoms with van der Waals surface area (Å²) in [4.78, 5) is 16.9. The summed E-state index contributed by atoms with van der Waals surface area (Å²) in [6.07, 6.45) is 6.89. The Hall–Kier alpha value is -2.07. The normalized spacial score (nSPS) is 15.3. The first kappa shape index (κ1) is 30.5. The Balaban J connectivity index is 1.65. The van der Waals surface area contributed by atoms with E-state index in [1.807, 2.05) is 48.2 Å². The maximum absolute atomic E-state index is 13.4. The fourth-order valence-electron chi connectivity index (χ4n) is 4.31. The van der Waals surface area contributed by atoms with Crippen LogP contribution in [0.1, 0.15) is 55.5 Å². The van der Waals surface area contributed by atoms with Gasteiger partial charge in [-0.1, -0.05) is 39.2 Å². The van der Waals surface area contributed by atoms with Crippen molar-refractivity contribution in [2.45, 2.75) is 50.8 Å². The molecule has 1 aliphatic rings. The molecule has 0 unspecified atom stereocenters. The molecule has 0 bridgehead atoms. The summed E-state index contributed by atoms with van der Waals surface area (Å²) in [6.45, 7) is 8.69. The van der Waals surface area contributed by atoms with Crippen molar-refractivity contribution in [2.24, 2.45) is 5.92 Å². The van der Waals surface area contributed by atoms with Crippen LogP contribution in [0, 0.1) is 5.92 Å². The Morgan fingerprint density at radius 2 is 1.84 bits per heavy atom. The minimum atomic E-state index is -3.52. The molecule has 0 spiro atoms. The number of sulfonamides is 1. The van der Waals surface area contributed by atoms with Gasteiger partial charge in [-0.2, -0.15) is 0 Å². The van der Waals surface area contributed by atoms with Gasteiger partial charge in [0, 0.05) is 37.3 Å². The lowest BCUT2D eigenvalue weighted by molar-refractivity contribution is 0.0384. The second kappa shape index (κ2) is 14.9. The summed E-state index contributed by atoms with van der Waals surface area (Å²) in [5.74, 6) is 1.56. The van der Waals surface area contributed by atoms with Crippen LogP contribution in [0.4, 0.5) is 11.4 Å². The van der Waals surface area contributed by atoms with E-state index in [9.17, 15) is 13.2 Å². The lowest BCUT2D eigenvalue weighted by atomic mass is 10.0. The highest BCUT2D eigenvalue weighted by Gasteiger charge is 2.21. The van der Waals surface area contributed by atoms with E-state index in [1.165, 1.54) is 37.6 Å². The van der Waals surface area contributed by atoms with Crippen molar-refractivity contribution in [3.05, 3.63) is 53.6 Å². The van der Waals surface area contributed by atoms with Gasteiger partial charge < -0.3 is 10.1 Å². The number of nitrogens with one attached hydrogen (secondary N) is 1. The monoisotopic (exact) mass is 561 g/mol. The molecule has 9 heteroatoms. The van der Waals surface area contributed by atoms with E-state index >= 15 is 0 Å². The number of ether oxygens (including phenoxy) is 1. The van der Waals surface area contributed by atoms with Gasteiger partial charge in [0.15, 0.2) is 0 Å². The van der Waals surface area contributed by atoms with Crippen LogP contribution in [-0.4, -0.2) is 71.1 Å². The van der Waals surface area contributed by atoms with Gasteiger partial charge in [0.1, 0.15) is 0 Å². The lowest BCUT2D eigenvalue weighted by Crippen LogP contribution is -2.37. The summed E-state index contributed by atoms with van der Waals surface area (Å²) >= 11 is 1.83. The molecule has 1 N–H and O–H groups in total. The van der Waals surface area contributed by atoms with E-state index in [2.05, 4.69) is 24.1 Å². The Morgan fingerprint density at radius 1 is 1.13 bits per heavy atom. The number of thioether (sulfide) groups is 1. The van der Waals surface area contributed by atoms with Gasteiger partial charge in [0.2, 0.25) is 10.0 Å². The van der Waals surface area contributed by atoms with Crippen LogP contribution in [0.3, 0.4) is 0 Å². The number of unbranched alkanes of at least 4 members (excludes halogenated alkanes) is 1. The molecular weight excluding hydrogens is 518 g/mol. The van der Waals surface area contributed by atoms with E-state index in [-0.39, 0.29) is 5.91 Å². The van der Waals surface area contributed by atoms with E-state index in [4.69, 9.17) is 4.74 Å². The molecule has 1 aliphatic heterocycles. The highest BCUT2D eigenvalue weighted by molar-refractivity contribution is 7.99. The van der Waals surface area contributed by atoms with Gasteiger partial charge in [-0.15, -0.1) is 11.8 Å². The molecule has 38 heavy (non-hydrogen) atoms. The second-order valence-electron chi connectivity index (χ2n) is 10.1. The number of nitrogens with zero attached hydrogens (tertiary/aromatic N) is 2. The number of morpholine rings is 1. The average molecular weight is 562 g/mol. The summed E-state index contributed by atoms with van der Waals surface area (Å²) in [7, 11) is -2.05. The molecule has 1 atom stereocenters. The number of rotatable bonds is 14. The van der Waals surface area contributed by atoms with Crippen LogP contribution in [0.2, 0.25) is 0 Å². The average Bonchev–Trinajstić information content (AvgIpc) is 2.92. The van der Waals surface area contributed by atoms with Gasteiger partial charge in [0.25, 0.3) is 5.91 Å². The number of carbonyl (C=O) groups excluding carboxylic acids is 1. The molecule has 7 nitrogen and oxygen atoms in total. The minimum absolute atomic E-state index is 0.325. The molecular formula is C29H43N3O4S2. The van der Waals surface area contributed by atoms with Crippen molar-refractivity contribution in [3.63, 3.8) is 0 Å². The molecule has 210 valence electrons. The van der Waals surface area contributed by atoms with Crippen LogP contribution >= 0.6 is 11.8 Å². The van der Waals surface area contributed by atoms with Crippen molar-refractivity contribution in [2.75, 3.05) is 61.5 Å². The van der Waals surface area contributed by atoms with Crippen LogP contribution in [0.25, 0.3) is 0 Å². The number of amides is 1. The number of hydrogen-bond donors (Lipinski definition) is 1. The zero-order chi connectivity index (χ0) is 27.5. The fourth-order valence-corrected chi connectivity index (χ4v) is 5.74. The van der Waals surface area contributed by atoms with Gasteiger partial charge in [-0.25, -0.2) is 8.42 Å². The molecule has 0 radical (unpaired) electrons. The van der Waals surface area contributed by atoms with Crippen molar-refractivity contribution < 1.29 is 17.9 Å². The third-order valence-electron chi connectivity index (χ3n) is 7.13. The third-order valence-corrected chi connectivity index (χ3v) is 9.42. The molecule has 3 rings (SSSR count). The quantitative estimate of drug-likeness (QED) is 0.242. The van der Waals surface area contributed by atoms with E-state index in [0.29, 0.717) is 16.9 Å². The summed E-state index contributed by atoms with van der Waals surface area (Å²) in [5.41, 5.74) is 2.39. The molecule has 1 heterocycles. The molecule has 2 aromatic rings. The zero-order valence-electron chi connectivity index (χ0n) is 23.2. The fraction of sp³-hybridized carbons (Fsp3) is 0.552. The predicted octanol–water partition coefficient (Wildman–Crippen LogP) is 5.52. The third kappa shape index (κ3) is 9.59. The highest BCUT2D eigenvalue weighted by atomic mass is 32.2. The minimum Gasteiger partial charge on any atom is -0.379 e. The van der Waals surface area contributed by atoms with E-state index in [1.54, 1.807) is 6.07 Å². The molecule has 0 aromatic heterocycles. The largest absolute Gasteiger partial charge is 0.379 e. The summed E-state index contributed by atoms with van der Waals surface area (Å²) < 4.78 is 31.1. The summed E-state index contributed by atoms with van der Waals surface area (Å²) in [6, 6.07) is 13.3. The Morgan fingerprint density at radius 3 is 2.50 bits per heavy atom. The predicted molar refractivity (Wildman–Crippen MR) is 159 cm³/mol. The number of carbonyl (C=O) groups is 1. The molecule has 1 fully saturated rings. The molecule has 2 aromatic carbocycles. The Kier molecular flexibility index (Phi) is 12.0. The van der Waals surface area contributed by atoms with Gasteiger partial charge >= 0.3 is 0 Å². The first-order valence-corrected chi connectivity index (χ1v) is 16.4. The highest BCUT2D eigenvalue weighted by Crippen LogP contribution is 2.26. The lowest BCUT2D eigenvalue weighted by Gasteiger charge is -2.26. The van der Waals surface area contributed by atoms with Crippen molar-refractivity contribution in [1.29, 1.82) is 0 Å². The second-order valence-corrected chi connectivity index (χ2v) is 13.3. The summed E-state index contributed by atoms with van der Waals surface area (Å²) in [5, 5.41) is 2.96. The Labute approximate surface area is 233 Å². The Bertz CT molecular complexity index is 1130. The van der Waals surface area contributed by atoms with Crippen LogP contribution in [-0.2, 0) is 21.2 Å². The smallest absolute Gasteiger partial charge is 0.257 e. The first-order chi connectivity index (χ1) is 18.2. The van der Waals surface area contributed by atoms with Crippen LogP contribution < -0.4 is 9.62 Å². The maximum atomic E-state index is 13.4. The van der Waals surface area contributed by atoms with Gasteiger partial charge in [-0.3, -0.25) is 14.0 Å². The van der Waals surface area contributed by atoms with Crippen molar-refractivity contribution in [1.82, 2.24) is 4.90 Å². The number of anilines is 2. The zero-order valence-corrected chi connectivity index (χ0v) is 24.9. The van der Waals surface area contributed by atoms with E-state index in [0.717, 1.165) is 67.1 Å². The van der Waals surface area contributed by atoms with Crippen molar-refractivity contribution >= 4 is 39.1 Å². The topological polar surface area (TPSA) is 79.0 Å².